The number of aryl methyl sites for hydroxylation is 2. The third kappa shape index (κ3) is 2.43. The van der Waals surface area contributed by atoms with Gasteiger partial charge in [0.05, 0.1) is 18.0 Å². The van der Waals surface area contributed by atoms with Gasteiger partial charge in [-0.05, 0) is 30.4 Å². The zero-order valence-corrected chi connectivity index (χ0v) is 12.4. The van der Waals surface area contributed by atoms with Gasteiger partial charge >= 0.3 is 0 Å². The summed E-state index contributed by atoms with van der Waals surface area (Å²) in [5, 5.41) is 16.2. The normalized spacial score (nSPS) is 11.2. The highest BCUT2D eigenvalue weighted by atomic mass is 16.3. The Bertz CT molecular complexity index is 777. The van der Waals surface area contributed by atoms with Gasteiger partial charge in [0.15, 0.2) is 5.82 Å². The first-order chi connectivity index (χ1) is 10.3. The van der Waals surface area contributed by atoms with E-state index < -0.39 is 0 Å². The van der Waals surface area contributed by atoms with Crippen molar-refractivity contribution in [3.8, 4) is 5.82 Å². The molecule has 3 rings (SSSR count). The van der Waals surface area contributed by atoms with E-state index in [4.69, 9.17) is 0 Å². The molecule has 1 aromatic carbocycles. The van der Waals surface area contributed by atoms with Crippen LogP contribution in [0.25, 0.3) is 16.6 Å². The van der Waals surface area contributed by atoms with Crippen LogP contribution in [0, 0.1) is 0 Å². The van der Waals surface area contributed by atoms with Crippen LogP contribution < -0.4 is 0 Å². The molecule has 0 saturated carbocycles. The van der Waals surface area contributed by atoms with Crippen molar-refractivity contribution in [2.24, 2.45) is 0 Å². The second-order valence-corrected chi connectivity index (χ2v) is 5.06. The van der Waals surface area contributed by atoms with Crippen molar-refractivity contribution in [2.75, 3.05) is 0 Å². The van der Waals surface area contributed by atoms with Crippen LogP contribution >= 0.6 is 0 Å². The number of aromatic nitrogens is 3. The Labute approximate surface area is 124 Å². The molecule has 0 aliphatic carbocycles. The van der Waals surface area contributed by atoms with Gasteiger partial charge in [0.25, 0.3) is 0 Å². The molecule has 0 saturated heterocycles. The number of benzene rings is 1. The van der Waals surface area contributed by atoms with Crippen LogP contribution in [-0.2, 0) is 19.4 Å². The largest absolute Gasteiger partial charge is 0.390 e. The lowest BCUT2D eigenvalue weighted by molar-refractivity contribution is 0.277. The molecular weight excluding hydrogens is 262 g/mol. The summed E-state index contributed by atoms with van der Waals surface area (Å²) in [5.41, 5.74) is 2.87. The first-order valence-corrected chi connectivity index (χ1v) is 7.34. The second kappa shape index (κ2) is 5.66. The molecule has 1 N–H and O–H groups in total. The summed E-state index contributed by atoms with van der Waals surface area (Å²) in [6.45, 7) is 4.15. The molecule has 4 heteroatoms. The average molecular weight is 281 g/mol. The SMILES string of the molecule is CCc1cc(CC)n(-c2nc(CO)cc3ccccc23)n1. The molecule has 21 heavy (non-hydrogen) atoms. The van der Waals surface area contributed by atoms with Crippen molar-refractivity contribution in [2.45, 2.75) is 33.3 Å². The summed E-state index contributed by atoms with van der Waals surface area (Å²) in [6, 6.07) is 12.1. The van der Waals surface area contributed by atoms with E-state index in [9.17, 15) is 5.11 Å². The predicted molar refractivity (Wildman–Crippen MR) is 83.5 cm³/mol. The van der Waals surface area contributed by atoms with Gasteiger partial charge in [-0.2, -0.15) is 5.10 Å². The molecule has 0 unspecified atom stereocenters. The van der Waals surface area contributed by atoms with E-state index in [2.05, 4.69) is 30.0 Å². The van der Waals surface area contributed by atoms with E-state index in [1.807, 2.05) is 35.0 Å². The van der Waals surface area contributed by atoms with Crippen molar-refractivity contribution in [1.29, 1.82) is 0 Å². The van der Waals surface area contributed by atoms with Gasteiger partial charge in [0.2, 0.25) is 0 Å². The van der Waals surface area contributed by atoms with Gasteiger partial charge in [-0.1, -0.05) is 38.1 Å². The lowest BCUT2D eigenvalue weighted by atomic mass is 10.1. The smallest absolute Gasteiger partial charge is 0.161 e. The van der Waals surface area contributed by atoms with Crippen LogP contribution in [0.15, 0.2) is 36.4 Å². The molecule has 108 valence electrons. The van der Waals surface area contributed by atoms with E-state index in [-0.39, 0.29) is 6.61 Å². The van der Waals surface area contributed by atoms with E-state index in [1.54, 1.807) is 0 Å². The lowest BCUT2D eigenvalue weighted by Crippen LogP contribution is -2.07. The van der Waals surface area contributed by atoms with E-state index in [1.165, 1.54) is 0 Å². The summed E-state index contributed by atoms with van der Waals surface area (Å²) in [4.78, 5) is 4.60. The van der Waals surface area contributed by atoms with Crippen LogP contribution in [0.4, 0.5) is 0 Å². The second-order valence-electron chi connectivity index (χ2n) is 5.06. The predicted octanol–water partition coefficient (Wildman–Crippen LogP) is 3.04. The standard InChI is InChI=1S/C17H19N3O/c1-3-13-10-15(4-2)20(19-13)17-16-8-6-5-7-12(16)9-14(11-21)18-17/h5-10,21H,3-4,11H2,1-2H3. The van der Waals surface area contributed by atoms with Crippen molar-refractivity contribution < 1.29 is 5.11 Å². The third-order valence-corrected chi connectivity index (χ3v) is 3.69. The summed E-state index contributed by atoms with van der Waals surface area (Å²) in [6.07, 6.45) is 1.80. The monoisotopic (exact) mass is 281 g/mol. The molecule has 0 bridgehead atoms. The minimum absolute atomic E-state index is 0.0683. The van der Waals surface area contributed by atoms with Crippen LogP contribution in [0.1, 0.15) is 30.9 Å². The maximum absolute atomic E-state index is 9.45. The highest BCUT2D eigenvalue weighted by Crippen LogP contribution is 2.23. The van der Waals surface area contributed by atoms with E-state index in [0.29, 0.717) is 5.69 Å². The molecule has 0 fully saturated rings. The average Bonchev–Trinajstić information content (AvgIpc) is 2.97. The maximum Gasteiger partial charge on any atom is 0.161 e. The molecule has 4 nitrogen and oxygen atoms in total. The summed E-state index contributed by atoms with van der Waals surface area (Å²) < 4.78 is 1.92. The van der Waals surface area contributed by atoms with Crippen molar-refractivity contribution in [1.82, 2.24) is 14.8 Å². The summed E-state index contributed by atoms with van der Waals surface area (Å²) in [7, 11) is 0. The van der Waals surface area contributed by atoms with Gasteiger partial charge in [0, 0.05) is 11.1 Å². The van der Waals surface area contributed by atoms with E-state index in [0.717, 1.165) is 40.8 Å². The zero-order chi connectivity index (χ0) is 14.8. The molecule has 0 atom stereocenters. The van der Waals surface area contributed by atoms with Crippen LogP contribution in [0.3, 0.4) is 0 Å². The molecule has 3 aromatic rings. The van der Waals surface area contributed by atoms with Crippen LogP contribution in [0.5, 0.6) is 0 Å². The van der Waals surface area contributed by atoms with Crippen LogP contribution in [0.2, 0.25) is 0 Å². The first-order valence-electron chi connectivity index (χ1n) is 7.34. The number of pyridine rings is 1. The topological polar surface area (TPSA) is 50.9 Å². The fourth-order valence-corrected chi connectivity index (χ4v) is 2.56. The first kappa shape index (κ1) is 13.8. The van der Waals surface area contributed by atoms with Gasteiger partial charge in [-0.25, -0.2) is 9.67 Å². The van der Waals surface area contributed by atoms with Gasteiger partial charge in [-0.3, -0.25) is 0 Å². The molecule has 0 radical (unpaired) electrons. The van der Waals surface area contributed by atoms with Crippen molar-refractivity contribution in [3.63, 3.8) is 0 Å². The summed E-state index contributed by atoms with van der Waals surface area (Å²) >= 11 is 0. The Morgan fingerprint density at radius 2 is 1.86 bits per heavy atom. The Morgan fingerprint density at radius 3 is 2.57 bits per heavy atom. The number of rotatable bonds is 4. The Hall–Kier alpha value is -2.20. The molecule has 0 amide bonds. The molecule has 0 aliphatic rings. The molecule has 2 aromatic heterocycles. The molecule has 0 spiro atoms. The lowest BCUT2D eigenvalue weighted by Gasteiger charge is -2.10. The number of hydrogen-bond acceptors (Lipinski definition) is 3. The number of aliphatic hydroxyl groups is 1. The molecular formula is C17H19N3O. The van der Waals surface area contributed by atoms with Crippen LogP contribution in [-0.4, -0.2) is 19.9 Å². The number of hydrogen-bond donors (Lipinski definition) is 1. The van der Waals surface area contributed by atoms with Crippen molar-refractivity contribution >= 4 is 10.8 Å². The Morgan fingerprint density at radius 1 is 1.05 bits per heavy atom. The fourth-order valence-electron chi connectivity index (χ4n) is 2.56. The zero-order valence-electron chi connectivity index (χ0n) is 12.4. The highest BCUT2D eigenvalue weighted by Gasteiger charge is 2.13. The van der Waals surface area contributed by atoms with Crippen molar-refractivity contribution in [3.05, 3.63) is 53.5 Å². The molecule has 2 heterocycles. The maximum atomic E-state index is 9.45. The van der Waals surface area contributed by atoms with Gasteiger partial charge in [0.1, 0.15) is 0 Å². The number of fused-ring (bicyclic) bond motifs is 1. The Kier molecular flexibility index (Phi) is 3.71. The van der Waals surface area contributed by atoms with Gasteiger partial charge in [-0.15, -0.1) is 0 Å². The summed E-state index contributed by atoms with van der Waals surface area (Å²) in [5.74, 6) is 0.800. The minimum atomic E-state index is -0.0683. The minimum Gasteiger partial charge on any atom is -0.390 e. The highest BCUT2D eigenvalue weighted by molar-refractivity contribution is 5.88. The van der Waals surface area contributed by atoms with Gasteiger partial charge < -0.3 is 5.11 Å². The van der Waals surface area contributed by atoms with E-state index >= 15 is 0 Å². The fraction of sp³-hybridized carbons (Fsp3) is 0.294. The molecule has 0 aliphatic heterocycles. The number of aliphatic hydroxyl groups excluding tert-OH is 1. The number of nitrogens with zero attached hydrogens (tertiary/aromatic N) is 3. The quantitative estimate of drug-likeness (QED) is 0.799. The third-order valence-electron chi connectivity index (χ3n) is 3.69. The Balaban J connectivity index is 2.30.